The van der Waals surface area contributed by atoms with Crippen molar-refractivity contribution in [2.45, 2.75) is 27.7 Å². The number of pyridine rings is 2. The number of benzene rings is 3. The monoisotopic (exact) mass is 703 g/mol. The third-order valence-electron chi connectivity index (χ3n) is 6.72. The molecule has 3 aromatic carbocycles. The third-order valence-corrected chi connectivity index (χ3v) is 7.73. The van der Waals surface area contributed by atoms with E-state index < -0.39 is 0 Å². The van der Waals surface area contributed by atoms with Crippen molar-refractivity contribution in [3.05, 3.63) is 119 Å². The number of hydrogen-bond acceptors (Lipinski definition) is 4. The van der Waals surface area contributed by atoms with E-state index in [0.29, 0.717) is 0 Å². The van der Waals surface area contributed by atoms with Gasteiger partial charge < -0.3 is 14.4 Å². The first-order valence-corrected chi connectivity index (χ1v) is 13.4. The predicted molar refractivity (Wildman–Crippen MR) is 159 cm³/mol. The molecule has 0 aliphatic rings. The normalized spacial score (nSPS) is 10.9. The summed E-state index contributed by atoms with van der Waals surface area (Å²) in [4.78, 5) is 10.2. The van der Waals surface area contributed by atoms with Crippen molar-refractivity contribution >= 4 is 43.4 Å². The van der Waals surface area contributed by atoms with Gasteiger partial charge in [0.25, 0.3) is 0 Å². The minimum absolute atomic E-state index is 0. The first kappa shape index (κ1) is 27.0. The van der Waals surface area contributed by atoms with Crippen molar-refractivity contribution in [2.24, 2.45) is 0 Å². The van der Waals surface area contributed by atoms with Gasteiger partial charge in [0.2, 0.25) is 0 Å². The average Bonchev–Trinajstić information content (AvgIpc) is 3.48. The minimum atomic E-state index is 0. The third kappa shape index (κ3) is 5.44. The molecular formula is C34H26IrN2OS-2. The van der Waals surface area contributed by atoms with E-state index in [0.717, 1.165) is 44.5 Å². The number of furan rings is 1. The number of aryl methyl sites for hydroxylation is 4. The van der Waals surface area contributed by atoms with Crippen LogP contribution < -0.4 is 0 Å². The molecule has 0 spiro atoms. The summed E-state index contributed by atoms with van der Waals surface area (Å²) in [5, 5.41) is 3.55. The molecule has 0 bridgehead atoms. The molecule has 5 heteroatoms. The molecule has 3 nitrogen and oxygen atoms in total. The second-order valence-corrected chi connectivity index (χ2v) is 10.9. The van der Waals surface area contributed by atoms with Gasteiger partial charge >= 0.3 is 0 Å². The van der Waals surface area contributed by atoms with Crippen LogP contribution in [0.25, 0.3) is 54.5 Å². The van der Waals surface area contributed by atoms with Crippen LogP contribution in [0.1, 0.15) is 21.6 Å². The summed E-state index contributed by atoms with van der Waals surface area (Å²) in [6.45, 7) is 8.36. The summed E-state index contributed by atoms with van der Waals surface area (Å²) in [5.41, 5.74) is 9.24. The van der Waals surface area contributed by atoms with Gasteiger partial charge in [-0.05, 0) is 73.8 Å². The van der Waals surface area contributed by atoms with Gasteiger partial charge in [0.1, 0.15) is 5.58 Å². The number of fused-ring (bicyclic) bond motifs is 4. The summed E-state index contributed by atoms with van der Waals surface area (Å²) >= 11 is 1.80. The molecule has 0 amide bonds. The van der Waals surface area contributed by atoms with Crippen molar-refractivity contribution in [3.63, 3.8) is 0 Å². The van der Waals surface area contributed by atoms with Crippen LogP contribution in [-0.4, -0.2) is 9.97 Å². The molecular weight excluding hydrogens is 677 g/mol. The molecule has 195 valence electrons. The Balaban J connectivity index is 0.000000187. The van der Waals surface area contributed by atoms with E-state index >= 15 is 0 Å². The second-order valence-electron chi connectivity index (χ2n) is 9.59. The molecule has 1 radical (unpaired) electrons. The molecule has 0 saturated carbocycles. The van der Waals surface area contributed by atoms with Crippen molar-refractivity contribution in [3.8, 4) is 22.5 Å². The first-order valence-electron chi connectivity index (χ1n) is 12.6. The average molecular weight is 703 g/mol. The van der Waals surface area contributed by atoms with E-state index in [1.165, 1.54) is 31.7 Å². The van der Waals surface area contributed by atoms with Gasteiger partial charge in [-0.25, -0.2) is 0 Å². The van der Waals surface area contributed by atoms with Gasteiger partial charge in [-0.3, -0.25) is 0 Å². The maximum Gasteiger partial charge on any atom is 0.122 e. The number of rotatable bonds is 2. The summed E-state index contributed by atoms with van der Waals surface area (Å²) in [6.07, 6.45) is 3.79. The summed E-state index contributed by atoms with van der Waals surface area (Å²) in [7, 11) is 0. The Morgan fingerprint density at radius 1 is 0.744 bits per heavy atom. The van der Waals surface area contributed by atoms with Gasteiger partial charge in [-0.2, -0.15) is 0 Å². The molecule has 0 atom stereocenters. The molecule has 7 aromatic rings. The van der Waals surface area contributed by atoms with E-state index in [9.17, 15) is 0 Å². The van der Waals surface area contributed by atoms with Crippen LogP contribution in [0.5, 0.6) is 0 Å². The van der Waals surface area contributed by atoms with E-state index in [1.54, 1.807) is 11.3 Å². The largest absolute Gasteiger partial charge is 0.501 e. The van der Waals surface area contributed by atoms with Crippen LogP contribution in [0, 0.1) is 39.8 Å². The van der Waals surface area contributed by atoms with Crippen LogP contribution in [0.3, 0.4) is 0 Å². The number of nitrogens with zero attached hydrogens (tertiary/aromatic N) is 2. The second kappa shape index (κ2) is 11.2. The fraction of sp³-hybridized carbons (Fsp3) is 0.118. The van der Waals surface area contributed by atoms with E-state index in [4.69, 9.17) is 4.42 Å². The fourth-order valence-corrected chi connectivity index (χ4v) is 5.47. The van der Waals surface area contributed by atoms with Gasteiger partial charge in [0.05, 0.1) is 5.58 Å². The van der Waals surface area contributed by atoms with Crippen LogP contribution >= 0.6 is 11.3 Å². The van der Waals surface area contributed by atoms with Gasteiger partial charge in [0, 0.05) is 47.5 Å². The Morgan fingerprint density at radius 2 is 1.59 bits per heavy atom. The zero-order chi connectivity index (χ0) is 26.2. The minimum Gasteiger partial charge on any atom is -0.501 e. The number of thiophene rings is 1. The molecule has 0 N–H and O–H groups in total. The van der Waals surface area contributed by atoms with Crippen molar-refractivity contribution in [1.82, 2.24) is 9.97 Å². The quantitative estimate of drug-likeness (QED) is 0.169. The van der Waals surface area contributed by atoms with E-state index in [-0.39, 0.29) is 20.1 Å². The van der Waals surface area contributed by atoms with Gasteiger partial charge in [-0.1, -0.05) is 34.7 Å². The van der Waals surface area contributed by atoms with Gasteiger partial charge in [-0.15, -0.1) is 65.4 Å². The maximum atomic E-state index is 6.26. The molecule has 7 rings (SSSR count). The zero-order valence-corrected chi connectivity index (χ0v) is 25.3. The van der Waals surface area contributed by atoms with Crippen LogP contribution in [0.15, 0.2) is 89.6 Å². The Kier molecular flexibility index (Phi) is 7.76. The fourth-order valence-electron chi connectivity index (χ4n) is 4.54. The summed E-state index contributed by atoms with van der Waals surface area (Å²) in [6, 6.07) is 31.2. The number of hydrogen-bond donors (Lipinski definition) is 0. The molecule has 0 unspecified atom stereocenters. The summed E-state index contributed by atoms with van der Waals surface area (Å²) < 4.78 is 7.52. The smallest absolute Gasteiger partial charge is 0.122 e. The van der Waals surface area contributed by atoms with Crippen LogP contribution in [0.4, 0.5) is 0 Å². The van der Waals surface area contributed by atoms with Gasteiger partial charge in [0.15, 0.2) is 0 Å². The topological polar surface area (TPSA) is 38.9 Å². The Hall–Kier alpha value is -3.63. The predicted octanol–water partition coefficient (Wildman–Crippen LogP) is 9.44. The maximum absolute atomic E-state index is 6.26. The number of aromatic nitrogens is 2. The Bertz CT molecular complexity index is 1900. The Labute approximate surface area is 245 Å². The van der Waals surface area contributed by atoms with Crippen molar-refractivity contribution < 1.29 is 24.5 Å². The molecule has 0 aliphatic carbocycles. The van der Waals surface area contributed by atoms with E-state index in [2.05, 4.69) is 79.3 Å². The van der Waals surface area contributed by atoms with Crippen LogP contribution in [0.2, 0.25) is 0 Å². The summed E-state index contributed by atoms with van der Waals surface area (Å²) in [5.74, 6) is 0. The molecule has 0 fully saturated rings. The van der Waals surface area contributed by atoms with E-state index in [1.807, 2.05) is 55.7 Å². The molecule has 0 aliphatic heterocycles. The van der Waals surface area contributed by atoms with Crippen LogP contribution in [-0.2, 0) is 20.1 Å². The Morgan fingerprint density at radius 3 is 2.33 bits per heavy atom. The molecule has 39 heavy (non-hydrogen) atoms. The zero-order valence-electron chi connectivity index (χ0n) is 22.1. The molecule has 4 heterocycles. The molecule has 4 aromatic heterocycles. The molecule has 0 saturated heterocycles. The van der Waals surface area contributed by atoms with Crippen molar-refractivity contribution in [1.29, 1.82) is 0 Å². The van der Waals surface area contributed by atoms with Crippen molar-refractivity contribution in [2.75, 3.05) is 0 Å². The first-order chi connectivity index (χ1) is 18.5. The standard InChI is InChI=1S/C22H16NOS.C12H10N.Ir/c1-12-7-19(23-11-13(12)2)17-6-4-5-16-18-9-15-8-14(3)25-21(15)10-20(18)24-22(16)17;1-10-7-8-12(13-9-10)11-5-3-2-4-6-11;/h4-5,7-11H,1-3H3;2-5,7-9H,1H3;/q2*-1;. The SMILES string of the molecule is Cc1cc2cc3c(cc2s1)oc1c(-c2cc(C)c(C)cn2)[c-]ccc13.Cc1ccc(-c2[c-]cccc2)nc1.[Ir].